The number of thioether (sulfide) groups is 1. The van der Waals surface area contributed by atoms with Crippen LogP contribution in [0.15, 0.2) is 52.4 Å². The molecule has 0 aliphatic carbocycles. The van der Waals surface area contributed by atoms with E-state index in [1.54, 1.807) is 38.1 Å². The number of nitrogens with zero attached hydrogens (tertiary/aromatic N) is 2. The highest BCUT2D eigenvalue weighted by Crippen LogP contribution is 2.25. The van der Waals surface area contributed by atoms with Crippen LogP contribution in [0.4, 0.5) is 11.4 Å². The zero-order valence-electron chi connectivity index (χ0n) is 18.4. The molecule has 0 radical (unpaired) electrons. The summed E-state index contributed by atoms with van der Waals surface area (Å²) in [5.41, 5.74) is 3.36. The molecule has 0 spiro atoms. The van der Waals surface area contributed by atoms with Crippen LogP contribution in [0, 0.1) is 13.8 Å². The van der Waals surface area contributed by atoms with Crippen molar-refractivity contribution in [2.75, 3.05) is 10.6 Å². The van der Waals surface area contributed by atoms with E-state index in [9.17, 15) is 14.4 Å². The van der Waals surface area contributed by atoms with Gasteiger partial charge >= 0.3 is 0 Å². The van der Waals surface area contributed by atoms with Crippen molar-refractivity contribution in [3.8, 4) is 11.3 Å². The predicted molar refractivity (Wildman–Crippen MR) is 127 cm³/mol. The van der Waals surface area contributed by atoms with E-state index in [1.165, 1.54) is 0 Å². The third-order valence-electron chi connectivity index (χ3n) is 4.76. The van der Waals surface area contributed by atoms with Crippen LogP contribution in [0.3, 0.4) is 0 Å². The number of anilines is 2. The smallest absolute Gasteiger partial charge is 0.278 e. The van der Waals surface area contributed by atoms with Gasteiger partial charge in [-0.25, -0.2) is 0 Å². The molecule has 0 aliphatic heterocycles. The molecule has 2 aromatic carbocycles. The van der Waals surface area contributed by atoms with E-state index in [0.717, 1.165) is 28.6 Å². The fourth-order valence-electron chi connectivity index (χ4n) is 2.91. The molecular formula is C23H25N5O3S. The minimum absolute atomic E-state index is 0.0915. The largest absolute Gasteiger partial charge is 0.325 e. The van der Waals surface area contributed by atoms with Crippen molar-refractivity contribution in [3.63, 3.8) is 0 Å². The Labute approximate surface area is 190 Å². The second-order valence-electron chi connectivity index (χ2n) is 7.32. The van der Waals surface area contributed by atoms with E-state index in [-0.39, 0.29) is 22.7 Å². The highest BCUT2D eigenvalue weighted by atomic mass is 32.2. The second-order valence-corrected chi connectivity index (χ2v) is 8.65. The molecule has 3 N–H and O–H groups in total. The summed E-state index contributed by atoms with van der Waals surface area (Å²) in [5, 5.41) is 13.5. The Kier molecular flexibility index (Phi) is 7.42. The quantitative estimate of drug-likeness (QED) is 0.469. The van der Waals surface area contributed by atoms with Crippen LogP contribution in [-0.2, 0) is 9.59 Å². The van der Waals surface area contributed by atoms with Crippen LogP contribution in [0.25, 0.3) is 11.3 Å². The van der Waals surface area contributed by atoms with Gasteiger partial charge in [-0.15, -0.1) is 10.2 Å². The van der Waals surface area contributed by atoms with Gasteiger partial charge in [0, 0.05) is 17.7 Å². The van der Waals surface area contributed by atoms with Gasteiger partial charge in [-0.2, -0.15) is 0 Å². The van der Waals surface area contributed by atoms with Gasteiger partial charge in [-0.3, -0.25) is 19.4 Å². The number of para-hydroxylation sites is 1. The van der Waals surface area contributed by atoms with Gasteiger partial charge in [0.15, 0.2) is 10.9 Å². The number of aryl methyl sites for hydroxylation is 2. The minimum Gasteiger partial charge on any atom is -0.325 e. The summed E-state index contributed by atoms with van der Waals surface area (Å²) in [5.74, 6) is -0.374. The molecule has 0 aliphatic rings. The van der Waals surface area contributed by atoms with E-state index in [1.807, 2.05) is 32.0 Å². The summed E-state index contributed by atoms with van der Waals surface area (Å²) in [6.07, 6.45) is 0.313. The highest BCUT2D eigenvalue weighted by Gasteiger charge is 2.19. The Balaban J connectivity index is 1.76. The molecule has 8 nitrogen and oxygen atoms in total. The molecular weight excluding hydrogens is 426 g/mol. The van der Waals surface area contributed by atoms with Gasteiger partial charge in [-0.05, 0) is 44.0 Å². The van der Waals surface area contributed by atoms with Crippen LogP contribution in [0.2, 0.25) is 0 Å². The van der Waals surface area contributed by atoms with E-state index < -0.39 is 10.8 Å². The molecule has 0 unspecified atom stereocenters. The maximum atomic E-state index is 12.7. The number of benzene rings is 2. The molecule has 166 valence electrons. The lowest BCUT2D eigenvalue weighted by atomic mass is 10.1. The molecule has 9 heteroatoms. The van der Waals surface area contributed by atoms with Gasteiger partial charge in [0.1, 0.15) is 0 Å². The Morgan fingerprint density at radius 1 is 1.06 bits per heavy atom. The molecule has 3 rings (SSSR count). The van der Waals surface area contributed by atoms with Crippen LogP contribution in [0.5, 0.6) is 0 Å². The number of nitrogens with one attached hydrogen (secondary N) is 3. The molecule has 3 aromatic rings. The molecule has 32 heavy (non-hydrogen) atoms. The molecule has 1 heterocycles. The predicted octanol–water partition coefficient (Wildman–Crippen LogP) is 3.92. The lowest BCUT2D eigenvalue weighted by Crippen LogP contribution is -2.24. The van der Waals surface area contributed by atoms with Crippen molar-refractivity contribution in [3.05, 3.63) is 63.9 Å². The minimum atomic E-state index is -0.512. The average molecular weight is 452 g/mol. The zero-order valence-corrected chi connectivity index (χ0v) is 19.2. The third kappa shape index (κ3) is 5.61. The maximum absolute atomic E-state index is 12.7. The molecule has 0 saturated heterocycles. The van der Waals surface area contributed by atoms with E-state index in [2.05, 4.69) is 25.8 Å². The number of amides is 2. The van der Waals surface area contributed by atoms with Crippen LogP contribution in [-0.4, -0.2) is 32.2 Å². The monoisotopic (exact) mass is 451 g/mol. The summed E-state index contributed by atoms with van der Waals surface area (Å²) >= 11 is 1.11. The summed E-state index contributed by atoms with van der Waals surface area (Å²) in [6, 6.07) is 12.7. The van der Waals surface area contributed by atoms with E-state index in [0.29, 0.717) is 17.7 Å². The first-order valence-corrected chi connectivity index (χ1v) is 11.1. The number of H-pyrrole nitrogens is 1. The van der Waals surface area contributed by atoms with E-state index >= 15 is 0 Å². The third-order valence-corrected chi connectivity index (χ3v) is 5.74. The summed E-state index contributed by atoms with van der Waals surface area (Å²) in [7, 11) is 0. The lowest BCUT2D eigenvalue weighted by molar-refractivity contribution is -0.116. The fraction of sp³-hybridized carbons (Fsp3) is 0.261. The Morgan fingerprint density at radius 2 is 1.81 bits per heavy atom. The highest BCUT2D eigenvalue weighted by molar-refractivity contribution is 8.00. The molecule has 1 atom stereocenters. The average Bonchev–Trinajstić information content (AvgIpc) is 2.77. The number of carbonyl (C=O) groups excluding carboxylic acids is 2. The van der Waals surface area contributed by atoms with Crippen molar-refractivity contribution in [2.24, 2.45) is 0 Å². The van der Waals surface area contributed by atoms with Gasteiger partial charge in [0.2, 0.25) is 11.8 Å². The summed E-state index contributed by atoms with van der Waals surface area (Å²) in [6.45, 7) is 7.36. The van der Waals surface area contributed by atoms with Crippen molar-refractivity contribution < 1.29 is 9.59 Å². The first-order valence-electron chi connectivity index (χ1n) is 10.2. The van der Waals surface area contributed by atoms with Crippen LogP contribution >= 0.6 is 11.8 Å². The standard InChI is InChI=1S/C23H25N5O3S/c1-5-19(29)24-17-9-7-6-8-16(17)20-22(31)26-23(28-27-20)32-15(4)21(30)25-18-12-13(2)10-11-14(18)3/h6-12,15H,5H2,1-4H3,(H,24,29)(H,25,30)(H,26,28,31)/t15-/m0/s1. The van der Waals surface area contributed by atoms with Crippen molar-refractivity contribution in [1.82, 2.24) is 15.2 Å². The first-order chi connectivity index (χ1) is 15.3. The number of carbonyl (C=O) groups is 2. The Hall–Kier alpha value is -3.46. The zero-order chi connectivity index (χ0) is 23.3. The normalized spacial score (nSPS) is 11.6. The van der Waals surface area contributed by atoms with Gasteiger partial charge in [0.05, 0.1) is 10.9 Å². The summed E-state index contributed by atoms with van der Waals surface area (Å²) < 4.78 is 0. The van der Waals surface area contributed by atoms with Crippen molar-refractivity contribution in [2.45, 2.75) is 44.5 Å². The molecule has 2 amide bonds. The fourth-order valence-corrected chi connectivity index (χ4v) is 3.65. The van der Waals surface area contributed by atoms with Crippen molar-refractivity contribution >= 4 is 35.0 Å². The Bertz CT molecular complexity index is 1210. The van der Waals surface area contributed by atoms with Gasteiger partial charge < -0.3 is 10.6 Å². The summed E-state index contributed by atoms with van der Waals surface area (Å²) in [4.78, 5) is 39.8. The second kappa shape index (κ2) is 10.2. The van der Waals surface area contributed by atoms with Crippen molar-refractivity contribution in [1.29, 1.82) is 0 Å². The number of hydrogen-bond donors (Lipinski definition) is 3. The molecule has 0 saturated carbocycles. The van der Waals surface area contributed by atoms with Gasteiger partial charge in [-0.1, -0.05) is 49.0 Å². The number of rotatable bonds is 7. The van der Waals surface area contributed by atoms with E-state index in [4.69, 9.17) is 0 Å². The number of hydrogen-bond acceptors (Lipinski definition) is 6. The SMILES string of the molecule is CCC(=O)Nc1ccccc1-c1nnc(S[C@@H](C)C(=O)Nc2cc(C)ccc2C)[nH]c1=O. The molecule has 0 fully saturated rings. The first kappa shape index (κ1) is 23.2. The molecule has 1 aromatic heterocycles. The van der Waals surface area contributed by atoms with Crippen LogP contribution < -0.4 is 16.2 Å². The van der Waals surface area contributed by atoms with Gasteiger partial charge in [0.25, 0.3) is 5.56 Å². The topological polar surface area (TPSA) is 117 Å². The lowest BCUT2D eigenvalue weighted by Gasteiger charge is -2.13. The maximum Gasteiger partial charge on any atom is 0.278 e. The molecule has 0 bridgehead atoms. The number of aromatic nitrogens is 3. The van der Waals surface area contributed by atoms with Crippen LogP contribution in [0.1, 0.15) is 31.4 Å². The Morgan fingerprint density at radius 3 is 2.53 bits per heavy atom. The number of aromatic amines is 1.